The first-order valence-corrected chi connectivity index (χ1v) is 8.58. The minimum atomic E-state index is -3.27. The van der Waals surface area contributed by atoms with Gasteiger partial charge in [-0.3, -0.25) is 9.52 Å². The Balaban J connectivity index is 2.03. The highest BCUT2D eigenvalue weighted by Crippen LogP contribution is 2.23. The Morgan fingerprint density at radius 1 is 1.25 bits per heavy atom. The topological polar surface area (TPSA) is 66.5 Å². The number of unbranched alkanes of at least 4 members (excludes halogenated alkanes) is 1. The molecule has 20 heavy (non-hydrogen) atoms. The highest BCUT2D eigenvalue weighted by atomic mass is 32.2. The van der Waals surface area contributed by atoms with E-state index in [4.69, 9.17) is 0 Å². The lowest BCUT2D eigenvalue weighted by molar-refractivity contribution is -0.117. The van der Waals surface area contributed by atoms with Crippen molar-refractivity contribution in [2.45, 2.75) is 32.6 Å². The molecule has 0 saturated carbocycles. The van der Waals surface area contributed by atoms with Crippen LogP contribution in [0.5, 0.6) is 0 Å². The van der Waals surface area contributed by atoms with E-state index in [0.717, 1.165) is 25.1 Å². The van der Waals surface area contributed by atoms with E-state index in [9.17, 15) is 13.2 Å². The van der Waals surface area contributed by atoms with Gasteiger partial charge in [-0.05, 0) is 37.1 Å². The molecule has 1 aromatic rings. The zero-order valence-corrected chi connectivity index (χ0v) is 12.4. The monoisotopic (exact) mass is 296 g/mol. The maximum atomic E-state index is 11.8. The largest absolute Gasteiger partial charge is 0.312 e. The van der Waals surface area contributed by atoms with Crippen LogP contribution in [0.25, 0.3) is 0 Å². The van der Waals surface area contributed by atoms with Gasteiger partial charge in [0.25, 0.3) is 0 Å². The molecule has 5 nitrogen and oxygen atoms in total. The van der Waals surface area contributed by atoms with Crippen molar-refractivity contribution in [3.63, 3.8) is 0 Å². The van der Waals surface area contributed by atoms with E-state index >= 15 is 0 Å². The van der Waals surface area contributed by atoms with E-state index in [1.165, 1.54) is 0 Å². The number of anilines is 2. The van der Waals surface area contributed by atoms with Crippen LogP contribution in [-0.2, 0) is 14.8 Å². The number of sulfonamides is 1. The summed E-state index contributed by atoms with van der Waals surface area (Å²) in [6.07, 6.45) is 2.96. The molecule has 0 atom stereocenters. The Hall–Kier alpha value is -1.56. The Morgan fingerprint density at radius 3 is 2.50 bits per heavy atom. The zero-order chi connectivity index (χ0) is 14.6. The number of hydrogen-bond donors (Lipinski definition) is 1. The lowest BCUT2D eigenvalue weighted by Crippen LogP contribution is -2.23. The van der Waals surface area contributed by atoms with Crippen LogP contribution in [-0.4, -0.2) is 26.6 Å². The zero-order valence-electron chi connectivity index (χ0n) is 11.6. The molecule has 1 aliphatic heterocycles. The number of carbonyl (C=O) groups excluding carboxylic acids is 1. The molecule has 110 valence electrons. The van der Waals surface area contributed by atoms with Gasteiger partial charge in [0.2, 0.25) is 15.9 Å². The van der Waals surface area contributed by atoms with Crippen LogP contribution < -0.4 is 9.62 Å². The molecule has 1 fully saturated rings. The van der Waals surface area contributed by atoms with Crippen LogP contribution in [0, 0.1) is 0 Å². The van der Waals surface area contributed by atoms with Gasteiger partial charge in [0, 0.05) is 24.3 Å². The fourth-order valence-electron chi connectivity index (χ4n) is 2.20. The van der Waals surface area contributed by atoms with Gasteiger partial charge in [-0.25, -0.2) is 8.42 Å². The Morgan fingerprint density at radius 2 is 1.95 bits per heavy atom. The molecule has 0 aromatic heterocycles. The van der Waals surface area contributed by atoms with Crippen molar-refractivity contribution < 1.29 is 13.2 Å². The highest BCUT2D eigenvalue weighted by Gasteiger charge is 2.21. The Bertz CT molecular complexity index is 567. The molecule has 1 aliphatic rings. The fraction of sp³-hybridized carbons (Fsp3) is 0.500. The van der Waals surface area contributed by atoms with E-state index in [2.05, 4.69) is 4.72 Å². The van der Waals surface area contributed by atoms with Crippen molar-refractivity contribution in [3.8, 4) is 0 Å². The lowest BCUT2D eigenvalue weighted by Gasteiger charge is -2.16. The van der Waals surface area contributed by atoms with E-state index in [1.807, 2.05) is 6.92 Å². The second-order valence-corrected chi connectivity index (χ2v) is 6.81. The van der Waals surface area contributed by atoms with Crippen LogP contribution in [0.2, 0.25) is 0 Å². The average Bonchev–Trinajstić information content (AvgIpc) is 2.83. The number of benzene rings is 1. The highest BCUT2D eigenvalue weighted by molar-refractivity contribution is 7.92. The Labute approximate surface area is 120 Å². The number of rotatable bonds is 6. The van der Waals surface area contributed by atoms with E-state index < -0.39 is 10.0 Å². The van der Waals surface area contributed by atoms with Gasteiger partial charge >= 0.3 is 0 Å². The number of hydrogen-bond acceptors (Lipinski definition) is 3. The van der Waals surface area contributed by atoms with Crippen molar-refractivity contribution in [2.75, 3.05) is 21.9 Å². The molecule has 1 N–H and O–H groups in total. The van der Waals surface area contributed by atoms with Crippen LogP contribution >= 0.6 is 0 Å². The minimum absolute atomic E-state index is 0.126. The molecule has 0 radical (unpaired) electrons. The van der Waals surface area contributed by atoms with Gasteiger partial charge in [0.1, 0.15) is 0 Å². The van der Waals surface area contributed by atoms with Gasteiger partial charge in [-0.1, -0.05) is 13.3 Å². The van der Waals surface area contributed by atoms with E-state index in [1.54, 1.807) is 29.2 Å². The molecule has 1 aromatic carbocycles. The predicted molar refractivity (Wildman–Crippen MR) is 80.3 cm³/mol. The number of carbonyl (C=O) groups is 1. The standard InChI is InChI=1S/C14H20N2O3S/c1-2-3-11-20(18,19)15-12-6-8-13(9-7-12)16-10-4-5-14(16)17/h6-9,15H,2-5,10-11H2,1H3. The first-order valence-electron chi connectivity index (χ1n) is 6.93. The van der Waals surface area contributed by atoms with Crippen molar-refractivity contribution in [3.05, 3.63) is 24.3 Å². The molecular weight excluding hydrogens is 276 g/mol. The van der Waals surface area contributed by atoms with Gasteiger partial charge < -0.3 is 4.90 Å². The predicted octanol–water partition coefficient (Wildman–Crippen LogP) is 2.36. The summed E-state index contributed by atoms with van der Waals surface area (Å²) in [5.74, 6) is 0.261. The van der Waals surface area contributed by atoms with Crippen molar-refractivity contribution >= 4 is 27.3 Å². The molecule has 0 bridgehead atoms. The van der Waals surface area contributed by atoms with Crippen LogP contribution in [0.3, 0.4) is 0 Å². The molecule has 1 heterocycles. The number of nitrogens with zero attached hydrogens (tertiary/aromatic N) is 1. The van der Waals surface area contributed by atoms with E-state index in [-0.39, 0.29) is 11.7 Å². The smallest absolute Gasteiger partial charge is 0.232 e. The normalized spacial score (nSPS) is 15.7. The summed E-state index contributed by atoms with van der Waals surface area (Å²) in [6.45, 7) is 2.69. The van der Waals surface area contributed by atoms with Crippen LogP contribution in [0.1, 0.15) is 32.6 Å². The Kier molecular flexibility index (Phi) is 4.65. The summed E-state index contributed by atoms with van der Waals surface area (Å²) in [4.78, 5) is 13.4. The number of nitrogens with one attached hydrogen (secondary N) is 1. The molecular formula is C14H20N2O3S. The summed E-state index contributed by atoms with van der Waals surface area (Å²) >= 11 is 0. The third-order valence-corrected chi connectivity index (χ3v) is 4.67. The molecule has 2 rings (SSSR count). The molecule has 0 aliphatic carbocycles. The molecule has 0 unspecified atom stereocenters. The first kappa shape index (κ1) is 14.8. The average molecular weight is 296 g/mol. The maximum absolute atomic E-state index is 11.8. The van der Waals surface area contributed by atoms with Crippen LogP contribution in [0.4, 0.5) is 11.4 Å². The summed E-state index contributed by atoms with van der Waals surface area (Å²) in [6, 6.07) is 6.96. The SMILES string of the molecule is CCCCS(=O)(=O)Nc1ccc(N2CCCC2=O)cc1. The molecule has 0 spiro atoms. The van der Waals surface area contributed by atoms with Gasteiger partial charge in [-0.2, -0.15) is 0 Å². The third-order valence-electron chi connectivity index (χ3n) is 3.29. The van der Waals surface area contributed by atoms with Crippen molar-refractivity contribution in [1.29, 1.82) is 0 Å². The second kappa shape index (κ2) is 6.26. The summed E-state index contributed by atoms with van der Waals surface area (Å²) in [5.41, 5.74) is 1.36. The lowest BCUT2D eigenvalue weighted by atomic mass is 10.2. The quantitative estimate of drug-likeness (QED) is 0.876. The van der Waals surface area contributed by atoms with Crippen LogP contribution in [0.15, 0.2) is 24.3 Å². The summed E-state index contributed by atoms with van der Waals surface area (Å²) < 4.78 is 26.1. The summed E-state index contributed by atoms with van der Waals surface area (Å²) in [5, 5.41) is 0. The summed E-state index contributed by atoms with van der Waals surface area (Å²) in [7, 11) is -3.27. The molecule has 1 saturated heterocycles. The van der Waals surface area contributed by atoms with Gasteiger partial charge in [-0.15, -0.1) is 0 Å². The molecule has 6 heteroatoms. The van der Waals surface area contributed by atoms with Crippen molar-refractivity contribution in [1.82, 2.24) is 0 Å². The first-order chi connectivity index (χ1) is 9.52. The van der Waals surface area contributed by atoms with E-state index in [0.29, 0.717) is 18.5 Å². The van der Waals surface area contributed by atoms with Gasteiger partial charge in [0.15, 0.2) is 0 Å². The molecule has 1 amide bonds. The number of amides is 1. The second-order valence-electron chi connectivity index (χ2n) is 4.97. The maximum Gasteiger partial charge on any atom is 0.232 e. The van der Waals surface area contributed by atoms with Gasteiger partial charge in [0.05, 0.1) is 5.75 Å². The third kappa shape index (κ3) is 3.72. The van der Waals surface area contributed by atoms with Crippen molar-refractivity contribution in [2.24, 2.45) is 0 Å². The fourth-order valence-corrected chi connectivity index (χ4v) is 3.46. The minimum Gasteiger partial charge on any atom is -0.312 e.